The molecule has 3 rings (SSSR count). The summed E-state index contributed by atoms with van der Waals surface area (Å²) in [5.41, 5.74) is 7.00. The SMILES string of the molecule is COCC(=O)N1CCC[C@H](C(=O)c2cnn(-c3ccc(F)cc3)c2N)C1. The second-order valence-electron chi connectivity index (χ2n) is 6.31. The van der Waals surface area contributed by atoms with Crippen LogP contribution in [0.25, 0.3) is 5.69 Å². The lowest BCUT2D eigenvalue weighted by Crippen LogP contribution is -2.43. The van der Waals surface area contributed by atoms with Crippen molar-refractivity contribution >= 4 is 17.5 Å². The molecule has 7 nitrogen and oxygen atoms in total. The Balaban J connectivity index is 1.78. The summed E-state index contributed by atoms with van der Waals surface area (Å²) in [5, 5.41) is 4.16. The van der Waals surface area contributed by atoms with Crippen LogP contribution in [0.5, 0.6) is 0 Å². The fourth-order valence-corrected chi connectivity index (χ4v) is 3.19. The van der Waals surface area contributed by atoms with Crippen LogP contribution in [0.4, 0.5) is 10.2 Å². The molecule has 0 saturated carbocycles. The van der Waals surface area contributed by atoms with Gasteiger partial charge in [-0.3, -0.25) is 9.59 Å². The minimum Gasteiger partial charge on any atom is -0.383 e. The van der Waals surface area contributed by atoms with Crippen LogP contribution in [0.15, 0.2) is 30.5 Å². The molecule has 8 heteroatoms. The Morgan fingerprint density at radius 1 is 1.35 bits per heavy atom. The molecule has 0 radical (unpaired) electrons. The summed E-state index contributed by atoms with van der Waals surface area (Å²) in [4.78, 5) is 26.5. The van der Waals surface area contributed by atoms with E-state index in [-0.39, 0.29) is 35.9 Å². The molecule has 1 amide bonds. The van der Waals surface area contributed by atoms with E-state index in [2.05, 4.69) is 5.10 Å². The van der Waals surface area contributed by atoms with Gasteiger partial charge >= 0.3 is 0 Å². The van der Waals surface area contributed by atoms with Crippen LogP contribution in [0.2, 0.25) is 0 Å². The van der Waals surface area contributed by atoms with Crippen molar-refractivity contribution in [2.75, 3.05) is 32.5 Å². The Morgan fingerprint density at radius 2 is 2.08 bits per heavy atom. The number of aromatic nitrogens is 2. The summed E-state index contributed by atoms with van der Waals surface area (Å²) in [6, 6.07) is 5.69. The molecule has 1 saturated heterocycles. The fraction of sp³-hybridized carbons (Fsp3) is 0.389. The summed E-state index contributed by atoms with van der Waals surface area (Å²) in [6.07, 6.45) is 2.87. The van der Waals surface area contributed by atoms with E-state index in [1.54, 1.807) is 17.0 Å². The van der Waals surface area contributed by atoms with Crippen molar-refractivity contribution in [3.05, 3.63) is 41.8 Å². The molecule has 0 bridgehead atoms. The van der Waals surface area contributed by atoms with Gasteiger partial charge in [0.05, 0.1) is 17.4 Å². The number of piperidine rings is 1. The summed E-state index contributed by atoms with van der Waals surface area (Å²) >= 11 is 0. The predicted molar refractivity (Wildman–Crippen MR) is 93.4 cm³/mol. The average molecular weight is 360 g/mol. The molecule has 0 unspecified atom stereocenters. The first kappa shape index (κ1) is 18.1. The largest absolute Gasteiger partial charge is 0.383 e. The van der Waals surface area contributed by atoms with Gasteiger partial charge in [-0.15, -0.1) is 0 Å². The maximum Gasteiger partial charge on any atom is 0.248 e. The number of rotatable bonds is 5. The normalized spacial score (nSPS) is 17.3. The number of Topliss-reactive ketones (excluding diaryl/α,β-unsaturated/α-hetero) is 1. The highest BCUT2D eigenvalue weighted by Crippen LogP contribution is 2.25. The molecular weight excluding hydrogens is 339 g/mol. The molecule has 26 heavy (non-hydrogen) atoms. The van der Waals surface area contributed by atoms with Crippen molar-refractivity contribution < 1.29 is 18.7 Å². The smallest absolute Gasteiger partial charge is 0.248 e. The van der Waals surface area contributed by atoms with E-state index in [0.29, 0.717) is 30.8 Å². The number of ether oxygens (including phenoxy) is 1. The Hall–Kier alpha value is -2.74. The van der Waals surface area contributed by atoms with Crippen molar-refractivity contribution in [1.29, 1.82) is 0 Å². The minimum atomic E-state index is -0.362. The zero-order valence-electron chi connectivity index (χ0n) is 14.5. The van der Waals surface area contributed by atoms with Crippen LogP contribution >= 0.6 is 0 Å². The van der Waals surface area contributed by atoms with E-state index in [0.717, 1.165) is 6.42 Å². The number of amides is 1. The van der Waals surface area contributed by atoms with Gasteiger partial charge in [0.15, 0.2) is 5.78 Å². The van der Waals surface area contributed by atoms with Crippen LogP contribution in [0, 0.1) is 11.7 Å². The number of nitrogens with zero attached hydrogens (tertiary/aromatic N) is 3. The summed E-state index contributed by atoms with van der Waals surface area (Å²) in [5.74, 6) is -0.732. The van der Waals surface area contributed by atoms with Crippen molar-refractivity contribution in [3.8, 4) is 5.69 Å². The monoisotopic (exact) mass is 360 g/mol. The second kappa shape index (κ2) is 7.65. The van der Waals surface area contributed by atoms with E-state index in [9.17, 15) is 14.0 Å². The molecule has 2 aromatic rings. The maximum absolute atomic E-state index is 13.1. The molecule has 2 heterocycles. The van der Waals surface area contributed by atoms with E-state index >= 15 is 0 Å². The third-order valence-electron chi connectivity index (χ3n) is 4.56. The number of ketones is 1. The van der Waals surface area contributed by atoms with E-state index in [1.807, 2.05) is 0 Å². The number of halogens is 1. The number of nitrogens with two attached hydrogens (primary N) is 1. The maximum atomic E-state index is 13.1. The number of hydrogen-bond donors (Lipinski definition) is 1. The first-order valence-electron chi connectivity index (χ1n) is 8.41. The zero-order chi connectivity index (χ0) is 18.7. The lowest BCUT2D eigenvalue weighted by molar-refractivity contribution is -0.136. The van der Waals surface area contributed by atoms with E-state index in [1.165, 1.54) is 30.1 Å². The zero-order valence-corrected chi connectivity index (χ0v) is 14.5. The van der Waals surface area contributed by atoms with E-state index < -0.39 is 0 Å². The first-order valence-corrected chi connectivity index (χ1v) is 8.41. The van der Waals surface area contributed by atoms with Gasteiger partial charge in [-0.2, -0.15) is 5.10 Å². The summed E-state index contributed by atoms with van der Waals surface area (Å²) < 4.78 is 19.4. The minimum absolute atomic E-state index is 0.00550. The molecule has 1 aromatic carbocycles. The van der Waals surface area contributed by atoms with Crippen LogP contribution in [-0.4, -0.2) is 53.2 Å². The quantitative estimate of drug-likeness (QED) is 0.819. The molecule has 1 fully saturated rings. The van der Waals surface area contributed by atoms with Gasteiger partial charge in [0.2, 0.25) is 5.91 Å². The standard InChI is InChI=1S/C18H21FN4O3/c1-26-11-16(24)22-8-2-3-12(10-22)17(25)15-9-21-23(18(15)20)14-6-4-13(19)5-7-14/h4-7,9,12H,2-3,8,10-11,20H2,1H3/t12-/m0/s1. The third-order valence-corrected chi connectivity index (χ3v) is 4.56. The van der Waals surface area contributed by atoms with Crippen molar-refractivity contribution in [2.45, 2.75) is 12.8 Å². The number of carbonyl (C=O) groups is 2. The first-order chi connectivity index (χ1) is 12.5. The van der Waals surface area contributed by atoms with Gasteiger partial charge in [0.25, 0.3) is 0 Å². The number of hydrogen-bond acceptors (Lipinski definition) is 5. The Kier molecular flexibility index (Phi) is 5.32. The molecule has 1 aromatic heterocycles. The molecular formula is C18H21FN4O3. The number of anilines is 1. The van der Waals surface area contributed by atoms with Gasteiger partial charge in [-0.1, -0.05) is 0 Å². The van der Waals surface area contributed by atoms with Crippen LogP contribution in [0.1, 0.15) is 23.2 Å². The molecule has 0 aliphatic carbocycles. The lowest BCUT2D eigenvalue weighted by atomic mass is 9.90. The van der Waals surface area contributed by atoms with Crippen LogP contribution < -0.4 is 5.73 Å². The number of carbonyl (C=O) groups excluding carboxylic acids is 2. The highest BCUT2D eigenvalue weighted by atomic mass is 19.1. The number of benzene rings is 1. The highest BCUT2D eigenvalue weighted by molar-refractivity contribution is 6.02. The van der Waals surface area contributed by atoms with Gasteiger partial charge in [0.1, 0.15) is 18.2 Å². The molecule has 2 N–H and O–H groups in total. The Labute approximate surface area is 150 Å². The number of methoxy groups -OCH3 is 1. The lowest BCUT2D eigenvalue weighted by Gasteiger charge is -2.31. The predicted octanol–water partition coefficient (Wildman–Crippen LogP) is 1.66. The van der Waals surface area contributed by atoms with Gasteiger partial charge in [-0.05, 0) is 37.1 Å². The van der Waals surface area contributed by atoms with Crippen molar-refractivity contribution in [2.24, 2.45) is 5.92 Å². The molecule has 138 valence electrons. The topological polar surface area (TPSA) is 90.5 Å². The van der Waals surface area contributed by atoms with Crippen LogP contribution in [-0.2, 0) is 9.53 Å². The Morgan fingerprint density at radius 3 is 2.77 bits per heavy atom. The van der Waals surface area contributed by atoms with Crippen LogP contribution in [0.3, 0.4) is 0 Å². The number of nitrogen functional groups attached to an aromatic ring is 1. The van der Waals surface area contributed by atoms with Gasteiger partial charge in [0, 0.05) is 26.1 Å². The average Bonchev–Trinajstić information content (AvgIpc) is 3.03. The summed E-state index contributed by atoms with van der Waals surface area (Å²) in [6.45, 7) is 0.976. The van der Waals surface area contributed by atoms with Gasteiger partial charge < -0.3 is 15.4 Å². The van der Waals surface area contributed by atoms with E-state index in [4.69, 9.17) is 10.5 Å². The third kappa shape index (κ3) is 3.60. The molecule has 1 aliphatic rings. The van der Waals surface area contributed by atoms with Crippen molar-refractivity contribution in [1.82, 2.24) is 14.7 Å². The molecule has 0 spiro atoms. The van der Waals surface area contributed by atoms with Crippen molar-refractivity contribution in [3.63, 3.8) is 0 Å². The number of likely N-dealkylation sites (tertiary alicyclic amines) is 1. The summed E-state index contributed by atoms with van der Waals surface area (Å²) in [7, 11) is 1.47. The second-order valence-corrected chi connectivity index (χ2v) is 6.31. The fourth-order valence-electron chi connectivity index (χ4n) is 3.19. The highest BCUT2D eigenvalue weighted by Gasteiger charge is 2.31. The molecule has 1 aliphatic heterocycles. The van der Waals surface area contributed by atoms with Gasteiger partial charge in [-0.25, -0.2) is 9.07 Å². The Bertz CT molecular complexity index is 803. The molecule has 1 atom stereocenters.